The van der Waals surface area contributed by atoms with Gasteiger partial charge in [-0.2, -0.15) is 8.42 Å². The summed E-state index contributed by atoms with van der Waals surface area (Å²) in [5, 5.41) is 0. The summed E-state index contributed by atoms with van der Waals surface area (Å²) in [7, 11) is -2.23. The standard InChI is InChI=1S/C14H13FO4S.ClH/c1-18-11-7-10(13-5-3-4-6-14(13)15)8-12(9-11)19-20(2,16)17;/h3-9H,1-2H3;1H. The number of ether oxygens (including phenoxy) is 1. The zero-order valence-corrected chi connectivity index (χ0v) is 13.0. The van der Waals surface area contributed by atoms with Gasteiger partial charge in [0.05, 0.1) is 13.4 Å². The first-order valence-electron chi connectivity index (χ1n) is 5.72. The summed E-state index contributed by atoms with van der Waals surface area (Å²) >= 11 is 0. The van der Waals surface area contributed by atoms with Crippen LogP contribution in [0.4, 0.5) is 4.39 Å². The molecule has 7 heteroatoms. The Bertz CT molecular complexity index is 732. The van der Waals surface area contributed by atoms with Crippen LogP contribution in [0.15, 0.2) is 42.5 Å². The molecule has 0 aliphatic carbocycles. The highest BCUT2D eigenvalue weighted by molar-refractivity contribution is 7.86. The minimum Gasteiger partial charge on any atom is -0.497 e. The first kappa shape index (κ1) is 17.3. The van der Waals surface area contributed by atoms with E-state index in [1.54, 1.807) is 24.3 Å². The highest BCUT2D eigenvalue weighted by Crippen LogP contribution is 2.31. The van der Waals surface area contributed by atoms with Crippen LogP contribution in [-0.2, 0) is 10.1 Å². The smallest absolute Gasteiger partial charge is 0.306 e. The fourth-order valence-electron chi connectivity index (χ4n) is 1.76. The SMILES string of the molecule is COc1cc(OS(C)(=O)=O)cc(-c2ccccc2F)c1.Cl. The van der Waals surface area contributed by atoms with Gasteiger partial charge < -0.3 is 8.92 Å². The average Bonchev–Trinajstić information content (AvgIpc) is 2.36. The number of methoxy groups -OCH3 is 1. The van der Waals surface area contributed by atoms with Crippen LogP contribution in [0, 0.1) is 5.82 Å². The van der Waals surface area contributed by atoms with Gasteiger partial charge in [-0.25, -0.2) is 4.39 Å². The Kier molecular flexibility index (Phi) is 5.57. The van der Waals surface area contributed by atoms with E-state index in [-0.39, 0.29) is 18.2 Å². The Morgan fingerprint density at radius 2 is 1.67 bits per heavy atom. The summed E-state index contributed by atoms with van der Waals surface area (Å²) in [5.41, 5.74) is 0.811. The minimum atomic E-state index is -3.66. The molecule has 0 saturated carbocycles. The number of benzene rings is 2. The molecule has 0 aliphatic rings. The highest BCUT2D eigenvalue weighted by atomic mass is 35.5. The topological polar surface area (TPSA) is 52.6 Å². The normalized spacial score (nSPS) is 10.6. The van der Waals surface area contributed by atoms with Crippen molar-refractivity contribution in [3.63, 3.8) is 0 Å². The van der Waals surface area contributed by atoms with E-state index in [0.29, 0.717) is 16.9 Å². The molecule has 0 radical (unpaired) electrons. The molecule has 0 aliphatic heterocycles. The fraction of sp³-hybridized carbons (Fsp3) is 0.143. The van der Waals surface area contributed by atoms with Crippen LogP contribution in [0.1, 0.15) is 0 Å². The van der Waals surface area contributed by atoms with Crippen LogP contribution in [-0.4, -0.2) is 21.8 Å². The van der Waals surface area contributed by atoms with Crippen LogP contribution in [0.5, 0.6) is 11.5 Å². The van der Waals surface area contributed by atoms with Gasteiger partial charge in [0.2, 0.25) is 0 Å². The molecular weight excluding hydrogens is 319 g/mol. The van der Waals surface area contributed by atoms with Crippen LogP contribution in [0.3, 0.4) is 0 Å². The monoisotopic (exact) mass is 332 g/mol. The van der Waals surface area contributed by atoms with Crippen molar-refractivity contribution in [3.05, 3.63) is 48.3 Å². The van der Waals surface area contributed by atoms with E-state index in [0.717, 1.165) is 6.26 Å². The second kappa shape index (κ2) is 6.78. The first-order valence-corrected chi connectivity index (χ1v) is 7.54. The zero-order valence-electron chi connectivity index (χ0n) is 11.4. The molecule has 0 atom stereocenters. The van der Waals surface area contributed by atoms with Crippen molar-refractivity contribution < 1.29 is 21.7 Å². The van der Waals surface area contributed by atoms with E-state index >= 15 is 0 Å². The van der Waals surface area contributed by atoms with Gasteiger partial charge in [0.25, 0.3) is 0 Å². The second-order valence-corrected chi connectivity index (χ2v) is 5.74. The maximum Gasteiger partial charge on any atom is 0.306 e. The summed E-state index contributed by atoms with van der Waals surface area (Å²) in [6.07, 6.45) is 0.940. The molecule has 0 aromatic heterocycles. The van der Waals surface area contributed by atoms with Crippen LogP contribution >= 0.6 is 12.4 Å². The minimum absolute atomic E-state index is 0. The van der Waals surface area contributed by atoms with Crippen molar-refractivity contribution >= 4 is 22.5 Å². The Hall–Kier alpha value is -1.79. The maximum absolute atomic E-state index is 13.8. The third-order valence-electron chi connectivity index (χ3n) is 2.55. The van der Waals surface area contributed by atoms with Crippen molar-refractivity contribution in [1.29, 1.82) is 0 Å². The predicted octanol–water partition coefficient (Wildman–Crippen LogP) is 3.26. The lowest BCUT2D eigenvalue weighted by Gasteiger charge is -2.10. The zero-order chi connectivity index (χ0) is 14.8. The molecule has 0 amide bonds. The van der Waals surface area contributed by atoms with E-state index < -0.39 is 15.9 Å². The second-order valence-electron chi connectivity index (χ2n) is 4.16. The average molecular weight is 333 g/mol. The van der Waals surface area contributed by atoms with Crippen LogP contribution < -0.4 is 8.92 Å². The number of rotatable bonds is 4. The van der Waals surface area contributed by atoms with Crippen molar-refractivity contribution in [1.82, 2.24) is 0 Å². The molecule has 2 rings (SSSR count). The first-order chi connectivity index (χ1) is 9.39. The van der Waals surface area contributed by atoms with Crippen molar-refractivity contribution in [2.24, 2.45) is 0 Å². The van der Waals surface area contributed by atoms with Crippen LogP contribution in [0.25, 0.3) is 11.1 Å². The fourth-order valence-corrected chi connectivity index (χ4v) is 2.21. The molecule has 0 unspecified atom stereocenters. The van der Waals surface area contributed by atoms with E-state index in [4.69, 9.17) is 8.92 Å². The molecule has 0 spiro atoms. The van der Waals surface area contributed by atoms with Gasteiger partial charge in [0.15, 0.2) is 0 Å². The molecule has 0 N–H and O–H groups in total. The van der Waals surface area contributed by atoms with Crippen molar-refractivity contribution in [3.8, 4) is 22.6 Å². The summed E-state index contributed by atoms with van der Waals surface area (Å²) in [4.78, 5) is 0. The molecule has 2 aromatic carbocycles. The molecule has 0 heterocycles. The Labute approximate surface area is 129 Å². The molecule has 21 heavy (non-hydrogen) atoms. The van der Waals surface area contributed by atoms with E-state index in [9.17, 15) is 12.8 Å². The molecule has 114 valence electrons. The van der Waals surface area contributed by atoms with Gasteiger partial charge >= 0.3 is 10.1 Å². The highest BCUT2D eigenvalue weighted by Gasteiger charge is 2.11. The lowest BCUT2D eigenvalue weighted by molar-refractivity contribution is 0.412. The lowest BCUT2D eigenvalue weighted by Crippen LogP contribution is -2.06. The summed E-state index contributed by atoms with van der Waals surface area (Å²) in [5.74, 6) is 0.0422. The molecule has 4 nitrogen and oxygen atoms in total. The maximum atomic E-state index is 13.8. The predicted molar refractivity (Wildman–Crippen MR) is 81.1 cm³/mol. The van der Waals surface area contributed by atoms with Gasteiger partial charge in [-0.3, -0.25) is 0 Å². The Morgan fingerprint density at radius 3 is 2.24 bits per heavy atom. The van der Waals surface area contributed by atoms with Gasteiger partial charge in [0.1, 0.15) is 17.3 Å². The van der Waals surface area contributed by atoms with Crippen molar-refractivity contribution in [2.45, 2.75) is 0 Å². The summed E-state index contributed by atoms with van der Waals surface area (Å²) in [6.45, 7) is 0. The van der Waals surface area contributed by atoms with Gasteiger partial charge in [-0.05, 0) is 23.8 Å². The summed E-state index contributed by atoms with van der Waals surface area (Å²) < 4.78 is 46.0. The van der Waals surface area contributed by atoms with E-state index in [1.165, 1.54) is 25.3 Å². The molecule has 0 bridgehead atoms. The van der Waals surface area contributed by atoms with Gasteiger partial charge in [0, 0.05) is 11.6 Å². The number of halogens is 2. The quantitative estimate of drug-likeness (QED) is 0.806. The molecule has 2 aromatic rings. The third kappa shape index (κ3) is 4.61. The molecule has 0 saturated heterocycles. The third-order valence-corrected chi connectivity index (χ3v) is 3.04. The molecule has 0 fully saturated rings. The largest absolute Gasteiger partial charge is 0.497 e. The van der Waals surface area contributed by atoms with Gasteiger partial charge in [-0.1, -0.05) is 18.2 Å². The summed E-state index contributed by atoms with van der Waals surface area (Å²) in [6, 6.07) is 10.7. The van der Waals surface area contributed by atoms with E-state index in [1.807, 2.05) is 0 Å². The Balaban J connectivity index is 0.00000220. The number of hydrogen-bond acceptors (Lipinski definition) is 4. The lowest BCUT2D eigenvalue weighted by atomic mass is 10.0. The van der Waals surface area contributed by atoms with Crippen molar-refractivity contribution in [2.75, 3.05) is 13.4 Å². The number of hydrogen-bond donors (Lipinski definition) is 0. The molecular formula is C14H14ClFO4S. The van der Waals surface area contributed by atoms with Crippen LogP contribution in [0.2, 0.25) is 0 Å². The van der Waals surface area contributed by atoms with Gasteiger partial charge in [-0.15, -0.1) is 12.4 Å². The Morgan fingerprint density at radius 1 is 1.05 bits per heavy atom. The van der Waals surface area contributed by atoms with E-state index in [2.05, 4.69) is 0 Å².